The molecule has 2 heterocycles. The number of aromatic nitrogens is 2. The number of hydrogen-bond donors (Lipinski definition) is 2. The molecule has 0 fully saturated rings. The molecular weight excluding hydrogens is 302 g/mol. The normalized spacial score (nSPS) is 10.9. The van der Waals surface area contributed by atoms with Crippen molar-refractivity contribution in [2.24, 2.45) is 0 Å². The molecule has 124 valence electrons. The Bertz CT molecular complexity index is 806. The van der Waals surface area contributed by atoms with Gasteiger partial charge in [-0.1, -0.05) is 18.2 Å². The molecule has 0 saturated carbocycles. The highest BCUT2D eigenvalue weighted by Gasteiger charge is 2.10. The third kappa shape index (κ3) is 3.53. The molecular formula is C19H21N3O2. The quantitative estimate of drug-likeness (QED) is 0.654. The van der Waals surface area contributed by atoms with Crippen LogP contribution in [0.4, 0.5) is 5.82 Å². The number of rotatable bonds is 7. The fourth-order valence-electron chi connectivity index (χ4n) is 2.77. The number of nitrogens with zero attached hydrogens (tertiary/aromatic N) is 2. The molecule has 5 nitrogen and oxygen atoms in total. The summed E-state index contributed by atoms with van der Waals surface area (Å²) < 4.78 is 5.29. The van der Waals surface area contributed by atoms with Gasteiger partial charge in [-0.05, 0) is 35.6 Å². The van der Waals surface area contributed by atoms with Crippen LogP contribution < -0.4 is 5.32 Å². The summed E-state index contributed by atoms with van der Waals surface area (Å²) >= 11 is 0. The van der Waals surface area contributed by atoms with Gasteiger partial charge in [-0.3, -0.25) is 4.98 Å². The summed E-state index contributed by atoms with van der Waals surface area (Å²) in [4.78, 5) is 8.71. The van der Waals surface area contributed by atoms with Gasteiger partial charge in [0.2, 0.25) is 0 Å². The van der Waals surface area contributed by atoms with Crippen molar-refractivity contribution in [3.63, 3.8) is 0 Å². The smallest absolute Gasteiger partial charge is 0.134 e. The van der Waals surface area contributed by atoms with Gasteiger partial charge in [-0.15, -0.1) is 0 Å². The average molecular weight is 323 g/mol. The summed E-state index contributed by atoms with van der Waals surface area (Å²) in [5.74, 6) is 0.855. The zero-order chi connectivity index (χ0) is 16.8. The van der Waals surface area contributed by atoms with Crippen molar-refractivity contribution in [1.82, 2.24) is 9.97 Å². The van der Waals surface area contributed by atoms with Gasteiger partial charge in [0.15, 0.2) is 0 Å². The summed E-state index contributed by atoms with van der Waals surface area (Å²) in [6.45, 7) is 3.66. The number of anilines is 1. The number of ether oxygens (including phenoxy) is 1. The van der Waals surface area contributed by atoms with Crippen molar-refractivity contribution in [2.75, 3.05) is 31.7 Å². The van der Waals surface area contributed by atoms with Gasteiger partial charge < -0.3 is 15.2 Å². The zero-order valence-corrected chi connectivity index (χ0v) is 13.7. The largest absolute Gasteiger partial charge is 0.394 e. The van der Waals surface area contributed by atoms with E-state index in [-0.39, 0.29) is 6.61 Å². The van der Waals surface area contributed by atoms with E-state index in [1.54, 1.807) is 12.4 Å². The SMILES string of the molecule is Cc1cccc2c(-c3ccncc3)cnc(NCCOCCO)c12. The second-order valence-electron chi connectivity index (χ2n) is 5.52. The Hall–Kier alpha value is -2.50. The highest BCUT2D eigenvalue weighted by Crippen LogP contribution is 2.33. The second kappa shape index (κ2) is 7.86. The van der Waals surface area contributed by atoms with E-state index in [9.17, 15) is 0 Å². The Labute approximate surface area is 141 Å². The predicted molar refractivity (Wildman–Crippen MR) is 96.1 cm³/mol. The maximum Gasteiger partial charge on any atom is 0.134 e. The van der Waals surface area contributed by atoms with Crippen molar-refractivity contribution in [3.8, 4) is 11.1 Å². The Morgan fingerprint density at radius 3 is 2.75 bits per heavy atom. The number of aryl methyl sites for hydroxylation is 1. The van der Waals surface area contributed by atoms with Crippen LogP contribution >= 0.6 is 0 Å². The molecule has 0 bridgehead atoms. The molecule has 0 saturated heterocycles. The first-order valence-electron chi connectivity index (χ1n) is 8.02. The number of hydrogen-bond acceptors (Lipinski definition) is 5. The van der Waals surface area contributed by atoms with Crippen LogP contribution in [-0.4, -0.2) is 41.4 Å². The van der Waals surface area contributed by atoms with Crippen LogP contribution in [0.25, 0.3) is 21.9 Å². The summed E-state index contributed by atoms with van der Waals surface area (Å²) in [5, 5.41) is 14.4. The lowest BCUT2D eigenvalue weighted by atomic mass is 9.98. The fraction of sp³-hybridized carbons (Fsp3) is 0.263. The van der Waals surface area contributed by atoms with Gasteiger partial charge in [0.1, 0.15) is 5.82 Å². The first-order valence-corrected chi connectivity index (χ1v) is 8.02. The first kappa shape index (κ1) is 16.4. The molecule has 0 aliphatic carbocycles. The van der Waals surface area contributed by atoms with Crippen LogP contribution in [0.5, 0.6) is 0 Å². The maximum absolute atomic E-state index is 8.74. The predicted octanol–water partition coefficient (Wildman–Crippen LogP) is 3.03. The minimum Gasteiger partial charge on any atom is -0.394 e. The number of benzene rings is 1. The molecule has 0 unspecified atom stereocenters. The van der Waals surface area contributed by atoms with E-state index in [0.29, 0.717) is 19.8 Å². The van der Waals surface area contributed by atoms with Crippen LogP contribution in [0.2, 0.25) is 0 Å². The molecule has 0 amide bonds. The number of aliphatic hydroxyl groups excluding tert-OH is 1. The lowest BCUT2D eigenvalue weighted by molar-refractivity contribution is 0.0992. The van der Waals surface area contributed by atoms with Gasteiger partial charge in [0.05, 0.1) is 19.8 Å². The molecule has 24 heavy (non-hydrogen) atoms. The average Bonchev–Trinajstić information content (AvgIpc) is 2.62. The summed E-state index contributed by atoms with van der Waals surface area (Å²) in [6.07, 6.45) is 5.48. The second-order valence-corrected chi connectivity index (χ2v) is 5.52. The molecule has 0 aliphatic rings. The standard InChI is InChI=1S/C19H21N3O2/c1-14-3-2-4-16-17(15-5-7-20-8-6-15)13-22-19(18(14)16)21-9-11-24-12-10-23/h2-8,13,23H,9-12H2,1H3,(H,21,22). The molecule has 2 N–H and O–H groups in total. The Morgan fingerprint density at radius 1 is 1.12 bits per heavy atom. The van der Waals surface area contributed by atoms with Crippen molar-refractivity contribution in [2.45, 2.75) is 6.92 Å². The van der Waals surface area contributed by atoms with Crippen LogP contribution in [-0.2, 0) is 4.74 Å². The Kier molecular flexibility index (Phi) is 5.36. The van der Waals surface area contributed by atoms with Crippen LogP contribution in [0.3, 0.4) is 0 Å². The molecule has 1 aromatic carbocycles. The molecule has 0 aliphatic heterocycles. The third-order valence-electron chi connectivity index (χ3n) is 3.89. The van der Waals surface area contributed by atoms with E-state index in [2.05, 4.69) is 40.4 Å². The molecule has 0 spiro atoms. The maximum atomic E-state index is 8.74. The monoisotopic (exact) mass is 323 g/mol. The van der Waals surface area contributed by atoms with E-state index >= 15 is 0 Å². The molecule has 2 aromatic heterocycles. The number of pyridine rings is 2. The van der Waals surface area contributed by atoms with Gasteiger partial charge in [0, 0.05) is 36.1 Å². The Morgan fingerprint density at radius 2 is 1.96 bits per heavy atom. The molecule has 3 aromatic rings. The van der Waals surface area contributed by atoms with Crippen molar-refractivity contribution >= 4 is 16.6 Å². The number of fused-ring (bicyclic) bond motifs is 1. The summed E-state index contributed by atoms with van der Waals surface area (Å²) in [6, 6.07) is 10.3. The van der Waals surface area contributed by atoms with Crippen molar-refractivity contribution in [3.05, 3.63) is 54.5 Å². The van der Waals surface area contributed by atoms with Crippen molar-refractivity contribution in [1.29, 1.82) is 0 Å². The van der Waals surface area contributed by atoms with E-state index in [1.807, 2.05) is 18.3 Å². The topological polar surface area (TPSA) is 67.3 Å². The molecule has 3 rings (SSSR count). The van der Waals surface area contributed by atoms with E-state index < -0.39 is 0 Å². The number of aliphatic hydroxyl groups is 1. The van der Waals surface area contributed by atoms with E-state index in [0.717, 1.165) is 27.7 Å². The van der Waals surface area contributed by atoms with Crippen LogP contribution in [0.15, 0.2) is 48.9 Å². The fourth-order valence-corrected chi connectivity index (χ4v) is 2.77. The summed E-state index contributed by atoms with van der Waals surface area (Å²) in [7, 11) is 0. The Balaban J connectivity index is 1.95. The van der Waals surface area contributed by atoms with Crippen molar-refractivity contribution < 1.29 is 9.84 Å². The minimum atomic E-state index is 0.0426. The lowest BCUT2D eigenvalue weighted by Crippen LogP contribution is -2.12. The minimum absolute atomic E-state index is 0.0426. The highest BCUT2D eigenvalue weighted by atomic mass is 16.5. The molecule has 0 atom stereocenters. The van der Waals surface area contributed by atoms with Gasteiger partial charge in [0.25, 0.3) is 0 Å². The van der Waals surface area contributed by atoms with Crippen LogP contribution in [0, 0.1) is 6.92 Å². The zero-order valence-electron chi connectivity index (χ0n) is 13.7. The van der Waals surface area contributed by atoms with Gasteiger partial charge >= 0.3 is 0 Å². The van der Waals surface area contributed by atoms with E-state index in [1.165, 1.54) is 5.56 Å². The lowest BCUT2D eigenvalue weighted by Gasteiger charge is -2.14. The van der Waals surface area contributed by atoms with E-state index in [4.69, 9.17) is 9.84 Å². The highest BCUT2D eigenvalue weighted by molar-refractivity contribution is 6.03. The summed E-state index contributed by atoms with van der Waals surface area (Å²) in [5.41, 5.74) is 3.37. The van der Waals surface area contributed by atoms with Crippen LogP contribution in [0.1, 0.15) is 5.56 Å². The van der Waals surface area contributed by atoms with Gasteiger partial charge in [-0.25, -0.2) is 4.98 Å². The van der Waals surface area contributed by atoms with Gasteiger partial charge in [-0.2, -0.15) is 0 Å². The first-order chi connectivity index (χ1) is 11.8. The molecule has 5 heteroatoms. The third-order valence-corrected chi connectivity index (χ3v) is 3.89. The number of nitrogens with one attached hydrogen (secondary N) is 1. The molecule has 0 radical (unpaired) electrons.